The average Bonchev–Trinajstić information content (AvgIpc) is 2.90. The van der Waals surface area contributed by atoms with Crippen LogP contribution in [0.3, 0.4) is 0 Å². The standard InChI is InChI=1S/C9H14N4O2/c14-9(8-11-6-12-13-8)10-4-3-7-2-1-5-15-7/h6-7H,1-5H2,(H,10,14)(H,11,12,13). The quantitative estimate of drug-likeness (QED) is 0.738. The molecule has 1 fully saturated rings. The van der Waals surface area contributed by atoms with E-state index in [0.29, 0.717) is 12.6 Å². The summed E-state index contributed by atoms with van der Waals surface area (Å²) in [6.45, 7) is 1.46. The summed E-state index contributed by atoms with van der Waals surface area (Å²) >= 11 is 0. The third kappa shape index (κ3) is 2.76. The van der Waals surface area contributed by atoms with Gasteiger partial charge in [-0.1, -0.05) is 0 Å². The van der Waals surface area contributed by atoms with Crippen molar-refractivity contribution in [3.63, 3.8) is 0 Å². The van der Waals surface area contributed by atoms with E-state index in [-0.39, 0.29) is 11.7 Å². The van der Waals surface area contributed by atoms with Gasteiger partial charge in [-0.3, -0.25) is 9.89 Å². The third-order valence-electron chi connectivity index (χ3n) is 2.41. The first-order valence-corrected chi connectivity index (χ1v) is 5.11. The van der Waals surface area contributed by atoms with Crippen molar-refractivity contribution < 1.29 is 9.53 Å². The highest BCUT2D eigenvalue weighted by atomic mass is 16.5. The van der Waals surface area contributed by atoms with Crippen LogP contribution in [0.15, 0.2) is 6.33 Å². The Bertz CT molecular complexity index is 306. The number of rotatable bonds is 4. The Labute approximate surface area is 87.4 Å². The topological polar surface area (TPSA) is 79.9 Å². The Morgan fingerprint density at radius 1 is 1.73 bits per heavy atom. The van der Waals surface area contributed by atoms with Crippen LogP contribution in [0.5, 0.6) is 0 Å². The second kappa shape index (κ2) is 4.88. The fourth-order valence-electron chi connectivity index (χ4n) is 1.62. The lowest BCUT2D eigenvalue weighted by molar-refractivity contribution is 0.0899. The van der Waals surface area contributed by atoms with Gasteiger partial charge in [0, 0.05) is 13.2 Å². The number of H-pyrrole nitrogens is 1. The average molecular weight is 210 g/mol. The zero-order valence-corrected chi connectivity index (χ0v) is 8.40. The summed E-state index contributed by atoms with van der Waals surface area (Å²) in [7, 11) is 0. The number of hydrogen-bond acceptors (Lipinski definition) is 4. The van der Waals surface area contributed by atoms with Gasteiger partial charge >= 0.3 is 0 Å². The number of amides is 1. The highest BCUT2D eigenvalue weighted by Gasteiger charge is 2.15. The summed E-state index contributed by atoms with van der Waals surface area (Å²) < 4.78 is 5.44. The van der Waals surface area contributed by atoms with Gasteiger partial charge in [0.2, 0.25) is 5.82 Å². The van der Waals surface area contributed by atoms with E-state index in [2.05, 4.69) is 20.5 Å². The number of aromatic nitrogens is 3. The molecule has 1 aromatic rings. The van der Waals surface area contributed by atoms with E-state index in [1.54, 1.807) is 0 Å². The maximum Gasteiger partial charge on any atom is 0.288 e. The molecule has 6 nitrogen and oxygen atoms in total. The molecule has 0 aliphatic carbocycles. The Morgan fingerprint density at radius 3 is 3.33 bits per heavy atom. The lowest BCUT2D eigenvalue weighted by Crippen LogP contribution is -2.27. The Balaban J connectivity index is 1.67. The molecule has 15 heavy (non-hydrogen) atoms. The highest BCUT2D eigenvalue weighted by molar-refractivity contribution is 5.90. The molecule has 82 valence electrons. The monoisotopic (exact) mass is 210 g/mol. The molecule has 1 amide bonds. The lowest BCUT2D eigenvalue weighted by atomic mass is 10.2. The summed E-state index contributed by atoms with van der Waals surface area (Å²) in [4.78, 5) is 15.2. The van der Waals surface area contributed by atoms with Crippen LogP contribution in [-0.4, -0.2) is 40.3 Å². The van der Waals surface area contributed by atoms with Gasteiger partial charge in [0.1, 0.15) is 6.33 Å². The fraction of sp³-hybridized carbons (Fsp3) is 0.667. The SMILES string of the molecule is O=C(NCCC1CCCO1)c1ncn[nH]1. The molecule has 2 rings (SSSR count). The highest BCUT2D eigenvalue weighted by Crippen LogP contribution is 2.14. The fourth-order valence-corrected chi connectivity index (χ4v) is 1.62. The molecule has 1 atom stereocenters. The number of ether oxygens (including phenoxy) is 1. The molecule has 1 aromatic heterocycles. The Kier molecular flexibility index (Phi) is 3.29. The molecule has 2 heterocycles. The Hall–Kier alpha value is -1.43. The zero-order chi connectivity index (χ0) is 10.5. The van der Waals surface area contributed by atoms with Gasteiger partial charge in [-0.15, -0.1) is 0 Å². The van der Waals surface area contributed by atoms with Gasteiger partial charge in [0.05, 0.1) is 6.10 Å². The number of carbonyl (C=O) groups excluding carboxylic acids is 1. The van der Waals surface area contributed by atoms with Gasteiger partial charge in [-0.25, -0.2) is 4.98 Å². The lowest BCUT2D eigenvalue weighted by Gasteiger charge is -2.08. The molecular weight excluding hydrogens is 196 g/mol. The van der Waals surface area contributed by atoms with Crippen LogP contribution in [0, 0.1) is 0 Å². The minimum Gasteiger partial charge on any atom is -0.378 e. The summed E-state index contributed by atoms with van der Waals surface area (Å²) in [6, 6.07) is 0. The number of nitrogens with one attached hydrogen (secondary N) is 2. The van der Waals surface area contributed by atoms with E-state index in [9.17, 15) is 4.79 Å². The summed E-state index contributed by atoms with van der Waals surface area (Å²) in [5, 5.41) is 8.88. The maximum atomic E-state index is 11.4. The first-order valence-electron chi connectivity index (χ1n) is 5.11. The molecule has 1 aliphatic rings. The van der Waals surface area contributed by atoms with Gasteiger partial charge in [-0.05, 0) is 19.3 Å². The molecule has 0 saturated carbocycles. The van der Waals surface area contributed by atoms with Crippen LogP contribution in [0.4, 0.5) is 0 Å². The molecule has 0 radical (unpaired) electrons. The largest absolute Gasteiger partial charge is 0.378 e. The van der Waals surface area contributed by atoms with Crippen molar-refractivity contribution in [1.82, 2.24) is 20.5 Å². The molecule has 1 aliphatic heterocycles. The van der Waals surface area contributed by atoms with Crippen molar-refractivity contribution in [3.05, 3.63) is 12.2 Å². The normalized spacial score (nSPS) is 20.4. The van der Waals surface area contributed by atoms with Crippen LogP contribution in [-0.2, 0) is 4.74 Å². The van der Waals surface area contributed by atoms with Gasteiger partial charge in [-0.2, -0.15) is 5.10 Å². The van der Waals surface area contributed by atoms with Crippen molar-refractivity contribution in [1.29, 1.82) is 0 Å². The minimum atomic E-state index is -0.217. The van der Waals surface area contributed by atoms with E-state index in [4.69, 9.17) is 4.74 Å². The molecule has 0 spiro atoms. The number of hydrogen-bond donors (Lipinski definition) is 2. The third-order valence-corrected chi connectivity index (χ3v) is 2.41. The number of nitrogens with zero attached hydrogens (tertiary/aromatic N) is 2. The first-order chi connectivity index (χ1) is 7.36. The second-order valence-electron chi connectivity index (χ2n) is 3.51. The molecule has 1 unspecified atom stereocenters. The van der Waals surface area contributed by atoms with Crippen molar-refractivity contribution in [2.75, 3.05) is 13.2 Å². The molecule has 2 N–H and O–H groups in total. The zero-order valence-electron chi connectivity index (χ0n) is 8.40. The predicted octanol–water partition coefficient (Wildman–Crippen LogP) is 0.104. The van der Waals surface area contributed by atoms with Gasteiger partial charge in [0.25, 0.3) is 5.91 Å². The molecule has 6 heteroatoms. The van der Waals surface area contributed by atoms with Gasteiger partial charge < -0.3 is 10.1 Å². The molecule has 0 bridgehead atoms. The minimum absolute atomic E-state index is 0.217. The molecule has 1 saturated heterocycles. The predicted molar refractivity (Wildman–Crippen MR) is 52.3 cm³/mol. The van der Waals surface area contributed by atoms with Crippen LogP contribution in [0.25, 0.3) is 0 Å². The van der Waals surface area contributed by atoms with Crippen molar-refractivity contribution in [3.8, 4) is 0 Å². The summed E-state index contributed by atoms with van der Waals surface area (Å²) in [5.74, 6) is 0.0350. The van der Waals surface area contributed by atoms with E-state index in [1.165, 1.54) is 6.33 Å². The van der Waals surface area contributed by atoms with E-state index >= 15 is 0 Å². The van der Waals surface area contributed by atoms with Crippen molar-refractivity contribution in [2.45, 2.75) is 25.4 Å². The summed E-state index contributed by atoms with van der Waals surface area (Å²) in [5.41, 5.74) is 0. The number of carbonyl (C=O) groups is 1. The van der Waals surface area contributed by atoms with Crippen molar-refractivity contribution >= 4 is 5.91 Å². The van der Waals surface area contributed by atoms with Crippen LogP contribution < -0.4 is 5.32 Å². The molecule has 0 aromatic carbocycles. The van der Waals surface area contributed by atoms with E-state index in [0.717, 1.165) is 25.9 Å². The number of aromatic amines is 1. The van der Waals surface area contributed by atoms with Crippen LogP contribution >= 0.6 is 0 Å². The van der Waals surface area contributed by atoms with Crippen LogP contribution in [0.1, 0.15) is 29.9 Å². The second-order valence-corrected chi connectivity index (χ2v) is 3.51. The van der Waals surface area contributed by atoms with E-state index in [1.807, 2.05) is 0 Å². The summed E-state index contributed by atoms with van der Waals surface area (Å²) in [6.07, 6.45) is 4.70. The van der Waals surface area contributed by atoms with Crippen LogP contribution in [0.2, 0.25) is 0 Å². The van der Waals surface area contributed by atoms with Crippen molar-refractivity contribution in [2.24, 2.45) is 0 Å². The van der Waals surface area contributed by atoms with Gasteiger partial charge in [0.15, 0.2) is 0 Å². The smallest absolute Gasteiger partial charge is 0.288 e. The molecular formula is C9H14N4O2. The van der Waals surface area contributed by atoms with E-state index < -0.39 is 0 Å². The first kappa shape index (κ1) is 10.1. The Morgan fingerprint density at radius 2 is 2.67 bits per heavy atom. The maximum absolute atomic E-state index is 11.4.